The van der Waals surface area contributed by atoms with Crippen LogP contribution in [-0.2, 0) is 9.53 Å². The summed E-state index contributed by atoms with van der Waals surface area (Å²) in [5, 5.41) is 9.27. The van der Waals surface area contributed by atoms with Gasteiger partial charge in [0.2, 0.25) is 0 Å². The van der Waals surface area contributed by atoms with Crippen LogP contribution in [0.2, 0.25) is 0 Å². The number of nitrogens with zero attached hydrogens (tertiary/aromatic N) is 1. The van der Waals surface area contributed by atoms with Gasteiger partial charge in [-0.3, -0.25) is 9.69 Å². The van der Waals surface area contributed by atoms with E-state index in [0.29, 0.717) is 19.6 Å². The minimum absolute atomic E-state index is 0.328. The Morgan fingerprint density at radius 1 is 1.73 bits per heavy atom. The van der Waals surface area contributed by atoms with E-state index in [1.54, 1.807) is 0 Å². The predicted octanol–water partition coefficient (Wildman–Crippen LogP) is -0.426. The largest absolute Gasteiger partial charge is 0.467 e. The fraction of sp³-hybridized carbons (Fsp3) is 0.857. The number of carbonyl (C=O) groups excluding carboxylic acids is 1. The molecule has 4 heteroatoms. The Kier molecular flexibility index (Phi) is 3.32. The summed E-state index contributed by atoms with van der Waals surface area (Å²) in [5.41, 5.74) is 0. The highest BCUT2D eigenvalue weighted by Gasteiger charge is 2.20. The van der Waals surface area contributed by atoms with Gasteiger partial charge in [0.05, 0.1) is 0 Å². The summed E-state index contributed by atoms with van der Waals surface area (Å²) in [7, 11) is 0. The third-order valence-corrected chi connectivity index (χ3v) is 1.89. The summed E-state index contributed by atoms with van der Waals surface area (Å²) in [5.74, 6) is 0. The maximum atomic E-state index is 9.76. The van der Waals surface area contributed by atoms with Crippen LogP contribution in [-0.4, -0.2) is 42.4 Å². The highest BCUT2D eigenvalue weighted by atomic mass is 16.5. The third kappa shape index (κ3) is 2.48. The van der Waals surface area contributed by atoms with Crippen LogP contribution in [0.3, 0.4) is 0 Å². The van der Waals surface area contributed by atoms with Crippen LogP contribution in [0, 0.1) is 0 Å². The van der Waals surface area contributed by atoms with Gasteiger partial charge in [0.15, 0.2) is 0 Å². The van der Waals surface area contributed by atoms with Crippen LogP contribution in [0.4, 0.5) is 0 Å². The van der Waals surface area contributed by atoms with Crippen molar-refractivity contribution in [1.29, 1.82) is 0 Å². The second-order valence-electron chi connectivity index (χ2n) is 2.63. The van der Waals surface area contributed by atoms with Gasteiger partial charge in [-0.2, -0.15) is 0 Å². The highest BCUT2D eigenvalue weighted by Crippen LogP contribution is 2.13. The zero-order chi connectivity index (χ0) is 8.10. The molecule has 1 aliphatic heterocycles. The van der Waals surface area contributed by atoms with Gasteiger partial charge in [0.25, 0.3) is 6.47 Å². The monoisotopic (exact) mass is 159 g/mol. The first kappa shape index (κ1) is 8.49. The molecule has 11 heavy (non-hydrogen) atoms. The molecule has 1 heterocycles. The molecule has 1 N–H and O–H groups in total. The van der Waals surface area contributed by atoms with Gasteiger partial charge in [-0.05, 0) is 12.8 Å². The van der Waals surface area contributed by atoms with E-state index >= 15 is 0 Å². The molecule has 1 atom stereocenters. The van der Waals surface area contributed by atoms with Crippen molar-refractivity contribution in [3.05, 3.63) is 0 Å². The highest BCUT2D eigenvalue weighted by molar-refractivity contribution is 5.36. The topological polar surface area (TPSA) is 49.8 Å². The Bertz CT molecular complexity index is 129. The molecule has 0 bridgehead atoms. The molecule has 0 aromatic heterocycles. The zero-order valence-corrected chi connectivity index (χ0v) is 6.40. The minimum Gasteiger partial charge on any atom is -0.467 e. The second kappa shape index (κ2) is 4.31. The summed E-state index contributed by atoms with van der Waals surface area (Å²) < 4.78 is 4.51. The minimum atomic E-state index is -0.328. The quantitative estimate of drug-likeness (QED) is 0.447. The van der Waals surface area contributed by atoms with Crippen molar-refractivity contribution < 1.29 is 14.6 Å². The number of aliphatic hydroxyl groups is 1. The number of ether oxygens (including phenoxy) is 1. The first-order valence-electron chi connectivity index (χ1n) is 3.82. The lowest BCUT2D eigenvalue weighted by molar-refractivity contribution is -0.129. The van der Waals surface area contributed by atoms with Crippen LogP contribution in [0.1, 0.15) is 12.8 Å². The average Bonchev–Trinajstić information content (AvgIpc) is 2.37. The lowest BCUT2D eigenvalue weighted by atomic mass is 10.4. The molecule has 0 aromatic carbocycles. The molecule has 1 fully saturated rings. The lowest BCUT2D eigenvalue weighted by Crippen LogP contribution is -2.32. The van der Waals surface area contributed by atoms with Crippen LogP contribution in [0.25, 0.3) is 0 Å². The molecule has 1 rings (SSSR count). The fourth-order valence-electron chi connectivity index (χ4n) is 1.29. The number of likely N-dealkylation sites (tertiary alicyclic amines) is 1. The number of aliphatic hydroxyl groups excluding tert-OH is 1. The van der Waals surface area contributed by atoms with E-state index < -0.39 is 0 Å². The van der Waals surface area contributed by atoms with Crippen molar-refractivity contribution in [3.63, 3.8) is 0 Å². The smallest absolute Gasteiger partial charge is 0.293 e. The Hall–Kier alpha value is -0.610. The molecule has 0 aliphatic carbocycles. The Morgan fingerprint density at radius 3 is 3.09 bits per heavy atom. The molecule has 1 aliphatic rings. The van der Waals surface area contributed by atoms with E-state index in [4.69, 9.17) is 0 Å². The van der Waals surface area contributed by atoms with Gasteiger partial charge >= 0.3 is 0 Å². The van der Waals surface area contributed by atoms with Gasteiger partial charge in [-0.25, -0.2) is 0 Å². The average molecular weight is 159 g/mol. The zero-order valence-electron chi connectivity index (χ0n) is 6.40. The summed E-state index contributed by atoms with van der Waals surface area (Å²) in [6.07, 6.45) is 1.54. The summed E-state index contributed by atoms with van der Waals surface area (Å²) in [4.78, 5) is 11.7. The molecule has 1 unspecified atom stereocenters. The number of hydrogen-bond donors (Lipinski definition) is 1. The van der Waals surface area contributed by atoms with Crippen LogP contribution in [0.15, 0.2) is 0 Å². The summed E-state index contributed by atoms with van der Waals surface area (Å²) >= 11 is 0. The molecule has 0 aromatic rings. The molecule has 0 spiro atoms. The van der Waals surface area contributed by atoms with E-state index in [1.165, 1.54) is 0 Å². The molecular formula is C7H13NO3. The number of hydrogen-bond acceptors (Lipinski definition) is 4. The second-order valence-corrected chi connectivity index (χ2v) is 2.63. The molecule has 0 saturated carbocycles. The third-order valence-electron chi connectivity index (χ3n) is 1.89. The molecule has 0 radical (unpaired) electrons. The van der Waals surface area contributed by atoms with Crippen LogP contribution in [0.5, 0.6) is 0 Å². The molecule has 1 saturated heterocycles. The van der Waals surface area contributed by atoms with Gasteiger partial charge in [-0.1, -0.05) is 0 Å². The Balaban J connectivity index is 2.10. The SMILES string of the molecule is O=COCCN1CCCC1O. The van der Waals surface area contributed by atoms with Crippen molar-refractivity contribution in [2.45, 2.75) is 19.1 Å². The number of rotatable bonds is 4. The van der Waals surface area contributed by atoms with E-state index in [-0.39, 0.29) is 6.23 Å². The number of carbonyl (C=O) groups is 1. The van der Waals surface area contributed by atoms with Crippen molar-refractivity contribution in [2.24, 2.45) is 0 Å². The predicted molar refractivity (Wildman–Crippen MR) is 38.8 cm³/mol. The molecule has 64 valence electrons. The molecule has 4 nitrogen and oxygen atoms in total. The van der Waals surface area contributed by atoms with Crippen molar-refractivity contribution in [1.82, 2.24) is 4.90 Å². The fourth-order valence-corrected chi connectivity index (χ4v) is 1.29. The van der Waals surface area contributed by atoms with E-state index in [9.17, 15) is 9.90 Å². The van der Waals surface area contributed by atoms with Gasteiger partial charge in [-0.15, -0.1) is 0 Å². The Labute approximate surface area is 65.8 Å². The summed E-state index contributed by atoms with van der Waals surface area (Å²) in [6, 6.07) is 0. The van der Waals surface area contributed by atoms with Crippen molar-refractivity contribution in [3.8, 4) is 0 Å². The summed E-state index contributed by atoms with van der Waals surface area (Å²) in [6.45, 7) is 2.35. The van der Waals surface area contributed by atoms with Gasteiger partial charge < -0.3 is 9.84 Å². The van der Waals surface area contributed by atoms with Crippen molar-refractivity contribution in [2.75, 3.05) is 19.7 Å². The standard InChI is InChI=1S/C7H13NO3/c9-6-11-5-4-8-3-1-2-7(8)10/h6-7,10H,1-5H2. The normalized spacial score (nSPS) is 25.4. The van der Waals surface area contributed by atoms with Gasteiger partial charge in [0, 0.05) is 13.1 Å². The molecule has 0 amide bonds. The maximum Gasteiger partial charge on any atom is 0.293 e. The lowest BCUT2D eigenvalue weighted by Gasteiger charge is -2.18. The maximum absolute atomic E-state index is 9.76. The first-order valence-corrected chi connectivity index (χ1v) is 3.82. The van der Waals surface area contributed by atoms with Crippen LogP contribution >= 0.6 is 0 Å². The van der Waals surface area contributed by atoms with E-state index in [2.05, 4.69) is 4.74 Å². The first-order chi connectivity index (χ1) is 5.34. The molecular weight excluding hydrogens is 146 g/mol. The van der Waals surface area contributed by atoms with Crippen molar-refractivity contribution >= 4 is 6.47 Å². The van der Waals surface area contributed by atoms with Crippen LogP contribution < -0.4 is 0 Å². The van der Waals surface area contributed by atoms with Gasteiger partial charge in [0.1, 0.15) is 12.8 Å². The Morgan fingerprint density at radius 2 is 2.55 bits per heavy atom. The van der Waals surface area contributed by atoms with E-state index in [1.807, 2.05) is 4.90 Å². The van der Waals surface area contributed by atoms with E-state index in [0.717, 1.165) is 19.4 Å².